The third kappa shape index (κ3) is 3.87. The predicted octanol–water partition coefficient (Wildman–Crippen LogP) is 3.97. The van der Waals surface area contributed by atoms with Crippen molar-refractivity contribution in [3.05, 3.63) is 73.2 Å². The maximum atomic E-state index is 11.9. The van der Waals surface area contributed by atoms with Gasteiger partial charge in [0.25, 0.3) is 0 Å². The molecule has 0 saturated carbocycles. The van der Waals surface area contributed by atoms with E-state index in [0.29, 0.717) is 10.7 Å². The monoisotopic (exact) mass is 395 g/mol. The van der Waals surface area contributed by atoms with Crippen LogP contribution in [-0.2, 0) is 11.0 Å². The van der Waals surface area contributed by atoms with Gasteiger partial charge in [-0.3, -0.25) is 3.97 Å². The van der Waals surface area contributed by atoms with Gasteiger partial charge in [0.15, 0.2) is 5.65 Å². The zero-order chi connectivity index (χ0) is 18.6. The molecule has 2 N–H and O–H groups in total. The summed E-state index contributed by atoms with van der Waals surface area (Å²) in [5, 5.41) is 4.23. The second kappa shape index (κ2) is 7.91. The molecule has 0 aliphatic carbocycles. The van der Waals surface area contributed by atoms with E-state index in [1.807, 2.05) is 58.7 Å². The predicted molar refractivity (Wildman–Crippen MR) is 110 cm³/mol. The Balaban J connectivity index is 1.65. The molecule has 1 unspecified atom stereocenters. The van der Waals surface area contributed by atoms with E-state index in [2.05, 4.69) is 32.1 Å². The van der Waals surface area contributed by atoms with Gasteiger partial charge in [0, 0.05) is 16.8 Å². The van der Waals surface area contributed by atoms with E-state index in [9.17, 15) is 4.21 Å². The van der Waals surface area contributed by atoms with Crippen molar-refractivity contribution >= 4 is 45.5 Å². The number of nitrogens with one attached hydrogen (secondary N) is 2. The number of nitrogens with zero attached hydrogens (tertiary/aromatic N) is 3. The highest BCUT2D eigenvalue weighted by molar-refractivity contribution is 7.98. The van der Waals surface area contributed by atoms with Crippen LogP contribution in [0.3, 0.4) is 0 Å². The Morgan fingerprint density at radius 1 is 1.04 bits per heavy atom. The maximum absolute atomic E-state index is 11.9. The van der Waals surface area contributed by atoms with Crippen molar-refractivity contribution in [2.24, 2.45) is 0 Å². The summed E-state index contributed by atoms with van der Waals surface area (Å²) in [6.07, 6.45) is 3.52. The number of aromatic nitrogens is 3. The molecule has 136 valence electrons. The average Bonchev–Trinajstić information content (AvgIpc) is 3.12. The molecule has 0 bridgehead atoms. The largest absolute Gasteiger partial charge is 0.340 e. The van der Waals surface area contributed by atoms with Gasteiger partial charge < -0.3 is 5.32 Å². The summed E-state index contributed by atoms with van der Waals surface area (Å²) in [6, 6.07) is 19.6. The molecular weight excluding hydrogens is 378 g/mol. The van der Waals surface area contributed by atoms with Gasteiger partial charge in [0.2, 0.25) is 0 Å². The lowest BCUT2D eigenvalue weighted by atomic mass is 10.3. The summed E-state index contributed by atoms with van der Waals surface area (Å²) < 4.78 is 16.7. The van der Waals surface area contributed by atoms with E-state index in [-0.39, 0.29) is 0 Å². The Labute approximate surface area is 163 Å². The number of fused-ring (bicyclic) bond motifs is 1. The first-order valence-electron chi connectivity index (χ1n) is 8.26. The summed E-state index contributed by atoms with van der Waals surface area (Å²) in [7, 11) is 0.429. The standard InChI is InChI=1S/C19H17N5OS2/c1-20-27(25)16-9-5-6-14(12-16)23-18-17-10-11-24(19(17)22-13-21-18)26-15-7-3-2-4-8-15/h2-13,20H,1H3,(H,21,22,23). The van der Waals surface area contributed by atoms with Crippen molar-refractivity contribution in [3.8, 4) is 0 Å². The van der Waals surface area contributed by atoms with E-state index in [0.717, 1.165) is 21.6 Å². The highest BCUT2D eigenvalue weighted by Crippen LogP contribution is 2.29. The van der Waals surface area contributed by atoms with Gasteiger partial charge in [-0.15, -0.1) is 0 Å². The van der Waals surface area contributed by atoms with Gasteiger partial charge in [-0.05, 0) is 55.4 Å². The lowest BCUT2D eigenvalue weighted by Gasteiger charge is -2.09. The molecule has 0 fully saturated rings. The molecule has 0 spiro atoms. The fraction of sp³-hybridized carbons (Fsp3) is 0.0526. The third-order valence-corrected chi connectivity index (χ3v) is 5.92. The molecule has 2 aromatic heterocycles. The maximum Gasteiger partial charge on any atom is 0.155 e. The Morgan fingerprint density at radius 2 is 1.89 bits per heavy atom. The van der Waals surface area contributed by atoms with Gasteiger partial charge in [0.1, 0.15) is 23.1 Å². The molecular formula is C19H17N5OS2. The number of hydrogen-bond donors (Lipinski definition) is 2. The van der Waals surface area contributed by atoms with Crippen LogP contribution in [-0.4, -0.2) is 25.2 Å². The summed E-state index contributed by atoms with van der Waals surface area (Å²) >= 11 is 1.60. The first-order valence-corrected chi connectivity index (χ1v) is 10.2. The molecule has 0 radical (unpaired) electrons. The number of anilines is 2. The molecule has 0 aliphatic rings. The molecule has 0 saturated heterocycles. The van der Waals surface area contributed by atoms with Crippen molar-refractivity contribution in [2.75, 3.05) is 12.4 Å². The lowest BCUT2D eigenvalue weighted by molar-refractivity contribution is 0.678. The summed E-state index contributed by atoms with van der Waals surface area (Å²) in [6.45, 7) is 0. The molecule has 27 heavy (non-hydrogen) atoms. The fourth-order valence-corrected chi connectivity index (χ4v) is 4.17. The van der Waals surface area contributed by atoms with Gasteiger partial charge >= 0.3 is 0 Å². The van der Waals surface area contributed by atoms with Gasteiger partial charge in [-0.2, -0.15) is 0 Å². The van der Waals surface area contributed by atoms with E-state index in [1.165, 1.54) is 0 Å². The fourth-order valence-electron chi connectivity index (χ4n) is 2.64. The second-order valence-corrected chi connectivity index (χ2v) is 8.10. The summed E-state index contributed by atoms with van der Waals surface area (Å²) in [5.41, 5.74) is 1.65. The van der Waals surface area contributed by atoms with E-state index in [1.54, 1.807) is 25.3 Å². The molecule has 0 aliphatic heterocycles. The van der Waals surface area contributed by atoms with Crippen molar-refractivity contribution in [1.29, 1.82) is 0 Å². The zero-order valence-corrected chi connectivity index (χ0v) is 16.1. The van der Waals surface area contributed by atoms with E-state index in [4.69, 9.17) is 0 Å². The van der Waals surface area contributed by atoms with Gasteiger partial charge in [0.05, 0.1) is 10.3 Å². The topological polar surface area (TPSA) is 71.8 Å². The van der Waals surface area contributed by atoms with Crippen LogP contribution in [0.2, 0.25) is 0 Å². The minimum Gasteiger partial charge on any atom is -0.340 e. The number of benzene rings is 2. The number of hydrogen-bond acceptors (Lipinski definition) is 5. The first kappa shape index (κ1) is 17.7. The Hall–Kier alpha value is -2.68. The number of rotatable bonds is 6. The van der Waals surface area contributed by atoms with Gasteiger partial charge in [-0.1, -0.05) is 24.3 Å². The third-order valence-electron chi connectivity index (χ3n) is 3.89. The van der Waals surface area contributed by atoms with Crippen molar-refractivity contribution in [3.63, 3.8) is 0 Å². The molecule has 4 rings (SSSR count). The van der Waals surface area contributed by atoms with Crippen LogP contribution in [0.5, 0.6) is 0 Å². The molecule has 4 aromatic rings. The van der Waals surface area contributed by atoms with Crippen molar-refractivity contribution in [1.82, 2.24) is 18.7 Å². The SMILES string of the molecule is CNS(=O)c1cccc(Nc2ncnc3c2ccn3Sc2ccccc2)c1. The summed E-state index contributed by atoms with van der Waals surface area (Å²) in [4.78, 5) is 10.6. The van der Waals surface area contributed by atoms with E-state index < -0.39 is 11.0 Å². The van der Waals surface area contributed by atoms with Crippen LogP contribution in [0, 0.1) is 0 Å². The normalized spacial score (nSPS) is 12.2. The van der Waals surface area contributed by atoms with Crippen LogP contribution < -0.4 is 10.0 Å². The molecule has 8 heteroatoms. The average molecular weight is 396 g/mol. The van der Waals surface area contributed by atoms with Crippen LogP contribution in [0.1, 0.15) is 0 Å². The molecule has 6 nitrogen and oxygen atoms in total. The Morgan fingerprint density at radius 3 is 2.70 bits per heavy atom. The first-order chi connectivity index (χ1) is 13.2. The summed E-state index contributed by atoms with van der Waals surface area (Å²) in [5.74, 6) is 0.708. The highest BCUT2D eigenvalue weighted by atomic mass is 32.2. The Bertz CT molecular complexity index is 1100. The van der Waals surface area contributed by atoms with E-state index >= 15 is 0 Å². The van der Waals surface area contributed by atoms with Crippen molar-refractivity contribution < 1.29 is 4.21 Å². The smallest absolute Gasteiger partial charge is 0.155 e. The molecule has 1 atom stereocenters. The van der Waals surface area contributed by atoms with Crippen LogP contribution in [0.4, 0.5) is 11.5 Å². The molecule has 0 amide bonds. The molecule has 2 aromatic carbocycles. The minimum atomic E-state index is -1.23. The minimum absolute atomic E-state index is 0.699. The second-order valence-electron chi connectivity index (χ2n) is 5.63. The van der Waals surface area contributed by atoms with Crippen molar-refractivity contribution in [2.45, 2.75) is 9.79 Å². The van der Waals surface area contributed by atoms with Gasteiger partial charge in [-0.25, -0.2) is 18.9 Å². The van der Waals surface area contributed by atoms with Crippen LogP contribution in [0.25, 0.3) is 11.0 Å². The quantitative estimate of drug-likeness (QED) is 0.517. The molecule has 2 heterocycles. The van der Waals surface area contributed by atoms with Crippen LogP contribution >= 0.6 is 11.9 Å². The highest BCUT2D eigenvalue weighted by Gasteiger charge is 2.10. The zero-order valence-electron chi connectivity index (χ0n) is 14.5. The van der Waals surface area contributed by atoms with Crippen LogP contribution in [0.15, 0.2) is 83.0 Å². The lowest BCUT2D eigenvalue weighted by Crippen LogP contribution is -2.10. The Kier molecular flexibility index (Phi) is 5.19.